The van der Waals surface area contributed by atoms with E-state index in [1.807, 2.05) is 31.5 Å². The van der Waals surface area contributed by atoms with Crippen LogP contribution in [0.15, 0.2) is 12.5 Å². The number of hydrogen-bond acceptors (Lipinski definition) is 3. The molecule has 1 aromatic rings. The number of imidazole rings is 1. The Balaban J connectivity index is 2.26. The minimum absolute atomic E-state index is 0.262. The van der Waals surface area contributed by atoms with Crippen LogP contribution < -0.4 is 5.32 Å². The Morgan fingerprint density at radius 1 is 1.53 bits per heavy atom. The highest BCUT2D eigenvalue weighted by molar-refractivity contribution is 5.67. The Kier molecular flexibility index (Phi) is 4.54. The molecule has 5 heteroatoms. The zero-order valence-corrected chi connectivity index (χ0v) is 11.0. The zero-order valence-electron chi connectivity index (χ0n) is 11.0. The lowest BCUT2D eigenvalue weighted by Crippen LogP contribution is -2.41. The maximum absolute atomic E-state index is 11.4. The summed E-state index contributed by atoms with van der Waals surface area (Å²) in [5.74, 6) is 0. The molecule has 0 bridgehead atoms. The van der Waals surface area contributed by atoms with Crippen molar-refractivity contribution in [1.82, 2.24) is 14.9 Å². The molecule has 5 nitrogen and oxygen atoms in total. The van der Waals surface area contributed by atoms with Crippen molar-refractivity contribution >= 4 is 6.09 Å². The fourth-order valence-electron chi connectivity index (χ4n) is 1.30. The van der Waals surface area contributed by atoms with Crippen LogP contribution in [0.1, 0.15) is 33.4 Å². The van der Waals surface area contributed by atoms with E-state index in [2.05, 4.69) is 17.2 Å². The number of carbonyl (C=O) groups is 1. The summed E-state index contributed by atoms with van der Waals surface area (Å²) in [6, 6.07) is 0. The first-order valence-electron chi connectivity index (χ1n) is 5.86. The van der Waals surface area contributed by atoms with Gasteiger partial charge in [0.15, 0.2) is 0 Å². The third-order valence-corrected chi connectivity index (χ3v) is 2.11. The predicted molar refractivity (Wildman–Crippen MR) is 65.8 cm³/mol. The van der Waals surface area contributed by atoms with E-state index in [-0.39, 0.29) is 11.6 Å². The molecule has 0 spiro atoms. The monoisotopic (exact) mass is 239 g/mol. The number of carbonyl (C=O) groups excluding carboxylic acids is 1. The molecule has 0 radical (unpaired) electrons. The molecule has 1 heterocycles. The van der Waals surface area contributed by atoms with E-state index in [9.17, 15) is 4.79 Å². The van der Waals surface area contributed by atoms with Crippen molar-refractivity contribution in [2.24, 2.45) is 0 Å². The minimum atomic E-state index is -0.381. The summed E-state index contributed by atoms with van der Waals surface area (Å²) in [7, 11) is 0. The smallest absolute Gasteiger partial charge is 0.407 e. The van der Waals surface area contributed by atoms with Gasteiger partial charge in [0.05, 0.1) is 18.6 Å². The van der Waals surface area contributed by atoms with Gasteiger partial charge in [-0.05, 0) is 27.2 Å². The number of aryl methyl sites for hydroxylation is 1. The topological polar surface area (TPSA) is 56.1 Å². The first kappa shape index (κ1) is 13.5. The first-order chi connectivity index (χ1) is 7.90. The molecule has 96 valence electrons. The quantitative estimate of drug-likeness (QED) is 0.874. The molecule has 1 aromatic heterocycles. The Morgan fingerprint density at radius 2 is 2.24 bits per heavy atom. The highest BCUT2D eigenvalue weighted by atomic mass is 16.5. The van der Waals surface area contributed by atoms with Gasteiger partial charge in [0, 0.05) is 11.7 Å². The molecule has 0 saturated heterocycles. The molecule has 0 aliphatic carbocycles. The lowest BCUT2D eigenvalue weighted by molar-refractivity contribution is 0.133. The van der Waals surface area contributed by atoms with Gasteiger partial charge in [0.1, 0.15) is 6.61 Å². The van der Waals surface area contributed by atoms with Gasteiger partial charge in [-0.2, -0.15) is 0 Å². The second kappa shape index (κ2) is 5.70. The number of alkyl carbamates (subject to hydrolysis) is 1. The van der Waals surface area contributed by atoms with Gasteiger partial charge in [-0.15, -0.1) is 0 Å². The third kappa shape index (κ3) is 5.38. The largest absolute Gasteiger partial charge is 0.448 e. The molecule has 0 saturated carbocycles. The summed E-state index contributed by atoms with van der Waals surface area (Å²) >= 11 is 0. The molecule has 0 fully saturated rings. The predicted octanol–water partition coefficient (Wildman–Crippen LogP) is 1.97. The molecule has 0 aliphatic rings. The van der Waals surface area contributed by atoms with Crippen LogP contribution >= 0.6 is 0 Å². The van der Waals surface area contributed by atoms with Gasteiger partial charge in [-0.3, -0.25) is 0 Å². The van der Waals surface area contributed by atoms with E-state index in [4.69, 9.17) is 4.74 Å². The van der Waals surface area contributed by atoms with Gasteiger partial charge in [-0.1, -0.05) is 6.92 Å². The molecule has 0 unspecified atom stereocenters. The van der Waals surface area contributed by atoms with Crippen LogP contribution in [0.4, 0.5) is 4.79 Å². The maximum Gasteiger partial charge on any atom is 0.407 e. The van der Waals surface area contributed by atoms with Crippen LogP contribution in [0.25, 0.3) is 0 Å². The van der Waals surface area contributed by atoms with Gasteiger partial charge >= 0.3 is 6.09 Å². The highest BCUT2D eigenvalue weighted by Gasteiger charge is 2.14. The summed E-state index contributed by atoms with van der Waals surface area (Å²) in [4.78, 5) is 15.6. The number of amides is 1. The fourth-order valence-corrected chi connectivity index (χ4v) is 1.30. The molecule has 0 aromatic carbocycles. The zero-order chi connectivity index (χ0) is 12.9. The SMILES string of the molecule is CCc1cn(CCOC(=O)NC(C)(C)C)cn1. The summed E-state index contributed by atoms with van der Waals surface area (Å²) < 4.78 is 6.99. The molecular formula is C12H21N3O2. The van der Waals surface area contributed by atoms with E-state index in [0.717, 1.165) is 12.1 Å². The number of aromatic nitrogens is 2. The van der Waals surface area contributed by atoms with E-state index in [1.165, 1.54) is 0 Å². The number of nitrogens with zero attached hydrogens (tertiary/aromatic N) is 2. The van der Waals surface area contributed by atoms with Crippen LogP contribution in [0.2, 0.25) is 0 Å². The Hall–Kier alpha value is -1.52. The number of ether oxygens (including phenoxy) is 1. The molecule has 0 atom stereocenters. The Bertz CT molecular complexity index is 366. The lowest BCUT2D eigenvalue weighted by atomic mass is 10.1. The second-order valence-corrected chi connectivity index (χ2v) is 4.97. The van der Waals surface area contributed by atoms with Crippen molar-refractivity contribution in [2.75, 3.05) is 6.61 Å². The highest BCUT2D eigenvalue weighted by Crippen LogP contribution is 2.00. The van der Waals surface area contributed by atoms with E-state index >= 15 is 0 Å². The number of hydrogen-bond donors (Lipinski definition) is 1. The van der Waals surface area contributed by atoms with Crippen LogP contribution in [0.5, 0.6) is 0 Å². The van der Waals surface area contributed by atoms with Crippen LogP contribution in [-0.2, 0) is 17.7 Å². The van der Waals surface area contributed by atoms with E-state index < -0.39 is 0 Å². The van der Waals surface area contributed by atoms with Crippen molar-refractivity contribution in [3.63, 3.8) is 0 Å². The first-order valence-corrected chi connectivity index (χ1v) is 5.86. The Labute approximate surface area is 102 Å². The summed E-state index contributed by atoms with van der Waals surface area (Å²) in [6.45, 7) is 8.78. The summed E-state index contributed by atoms with van der Waals surface area (Å²) in [6.07, 6.45) is 4.25. The average molecular weight is 239 g/mol. The third-order valence-electron chi connectivity index (χ3n) is 2.11. The Morgan fingerprint density at radius 3 is 2.76 bits per heavy atom. The van der Waals surface area contributed by atoms with Gasteiger partial charge in [0.25, 0.3) is 0 Å². The normalized spacial score (nSPS) is 11.3. The molecular weight excluding hydrogens is 218 g/mol. The van der Waals surface area contributed by atoms with Crippen molar-refractivity contribution in [2.45, 2.75) is 46.2 Å². The van der Waals surface area contributed by atoms with Crippen LogP contribution in [0, 0.1) is 0 Å². The molecule has 1 rings (SSSR count). The summed E-state index contributed by atoms with van der Waals surface area (Å²) in [5, 5.41) is 2.74. The van der Waals surface area contributed by atoms with Gasteiger partial charge < -0.3 is 14.6 Å². The minimum Gasteiger partial charge on any atom is -0.448 e. The lowest BCUT2D eigenvalue weighted by Gasteiger charge is -2.19. The molecule has 0 aliphatic heterocycles. The fraction of sp³-hybridized carbons (Fsp3) is 0.667. The van der Waals surface area contributed by atoms with Gasteiger partial charge in [-0.25, -0.2) is 9.78 Å². The second-order valence-electron chi connectivity index (χ2n) is 4.97. The van der Waals surface area contributed by atoms with Gasteiger partial charge in [0.2, 0.25) is 0 Å². The van der Waals surface area contributed by atoms with Crippen LogP contribution in [-0.4, -0.2) is 27.8 Å². The number of nitrogens with one attached hydrogen (secondary N) is 1. The maximum atomic E-state index is 11.4. The van der Waals surface area contributed by atoms with E-state index in [0.29, 0.717) is 13.2 Å². The van der Waals surface area contributed by atoms with Crippen molar-refractivity contribution in [3.05, 3.63) is 18.2 Å². The molecule has 1 N–H and O–H groups in total. The average Bonchev–Trinajstić information content (AvgIpc) is 2.63. The van der Waals surface area contributed by atoms with Crippen molar-refractivity contribution in [3.8, 4) is 0 Å². The van der Waals surface area contributed by atoms with Crippen molar-refractivity contribution < 1.29 is 9.53 Å². The molecule has 1 amide bonds. The van der Waals surface area contributed by atoms with E-state index in [1.54, 1.807) is 6.33 Å². The number of rotatable bonds is 4. The van der Waals surface area contributed by atoms with Crippen molar-refractivity contribution in [1.29, 1.82) is 0 Å². The molecule has 17 heavy (non-hydrogen) atoms. The summed E-state index contributed by atoms with van der Waals surface area (Å²) in [5.41, 5.74) is 0.783. The standard InChI is InChI=1S/C12H21N3O2/c1-5-10-8-15(9-13-10)6-7-17-11(16)14-12(2,3)4/h8-9H,5-7H2,1-4H3,(H,14,16). The van der Waals surface area contributed by atoms with Crippen LogP contribution in [0.3, 0.4) is 0 Å².